The molecule has 0 saturated heterocycles. The second kappa shape index (κ2) is 6.90. The molecule has 1 aromatic carbocycles. The van der Waals surface area contributed by atoms with Crippen LogP contribution in [-0.2, 0) is 19.4 Å². The lowest BCUT2D eigenvalue weighted by atomic mass is 10.0. The first-order valence-electron chi connectivity index (χ1n) is 6.84. The van der Waals surface area contributed by atoms with Gasteiger partial charge in [-0.2, -0.15) is 5.10 Å². The third-order valence-electron chi connectivity index (χ3n) is 3.41. The van der Waals surface area contributed by atoms with Crippen LogP contribution in [0.15, 0.2) is 22.7 Å². The van der Waals surface area contributed by atoms with Gasteiger partial charge in [-0.15, -0.1) is 0 Å². The molecule has 1 heterocycles. The summed E-state index contributed by atoms with van der Waals surface area (Å²) in [5.74, 6) is -0.351. The zero-order chi connectivity index (χ0) is 15.6. The van der Waals surface area contributed by atoms with E-state index in [-0.39, 0.29) is 5.82 Å². The summed E-state index contributed by atoms with van der Waals surface area (Å²) in [6.07, 6.45) is 0.334. The van der Waals surface area contributed by atoms with Crippen LogP contribution in [-0.4, -0.2) is 14.9 Å². The number of aliphatic hydroxyl groups is 1. The van der Waals surface area contributed by atoms with Gasteiger partial charge in [0.1, 0.15) is 5.82 Å². The van der Waals surface area contributed by atoms with E-state index in [2.05, 4.69) is 21.0 Å². The number of benzene rings is 1. The van der Waals surface area contributed by atoms with Gasteiger partial charge >= 0.3 is 0 Å². The monoisotopic (exact) mass is 374 g/mol. The van der Waals surface area contributed by atoms with Crippen LogP contribution < -0.4 is 0 Å². The van der Waals surface area contributed by atoms with Crippen LogP contribution in [0.1, 0.15) is 36.9 Å². The molecule has 2 aromatic rings. The average Bonchev–Trinajstić information content (AvgIpc) is 2.78. The summed E-state index contributed by atoms with van der Waals surface area (Å²) < 4.78 is 15.4. The maximum absolute atomic E-state index is 13.3. The van der Waals surface area contributed by atoms with Crippen molar-refractivity contribution in [3.8, 4) is 0 Å². The van der Waals surface area contributed by atoms with E-state index in [1.807, 2.05) is 18.5 Å². The molecule has 0 amide bonds. The molecule has 6 heteroatoms. The number of aromatic nitrogens is 2. The molecule has 2 rings (SSSR count). The van der Waals surface area contributed by atoms with Gasteiger partial charge in [0.05, 0.1) is 27.0 Å². The highest BCUT2D eigenvalue weighted by Gasteiger charge is 2.19. The summed E-state index contributed by atoms with van der Waals surface area (Å²) in [5, 5.41) is 15.4. The molecule has 1 aromatic heterocycles. The molecule has 1 unspecified atom stereocenters. The van der Waals surface area contributed by atoms with Crippen LogP contribution in [0.25, 0.3) is 0 Å². The molecule has 0 aliphatic rings. The minimum Gasteiger partial charge on any atom is -0.388 e. The highest BCUT2D eigenvalue weighted by molar-refractivity contribution is 9.10. The van der Waals surface area contributed by atoms with E-state index in [9.17, 15) is 9.50 Å². The van der Waals surface area contributed by atoms with Gasteiger partial charge in [0, 0.05) is 13.0 Å². The second-order valence-corrected chi connectivity index (χ2v) is 6.00. The van der Waals surface area contributed by atoms with Crippen LogP contribution in [0, 0.1) is 5.82 Å². The van der Waals surface area contributed by atoms with E-state index < -0.39 is 6.10 Å². The predicted molar refractivity (Wildman–Crippen MR) is 85.1 cm³/mol. The fraction of sp³-hybridized carbons (Fsp3) is 0.400. The molecule has 1 N–H and O–H groups in total. The Morgan fingerprint density at radius 3 is 2.71 bits per heavy atom. The molecule has 1 atom stereocenters. The van der Waals surface area contributed by atoms with E-state index in [0.29, 0.717) is 28.0 Å². The van der Waals surface area contributed by atoms with Crippen molar-refractivity contribution < 1.29 is 9.50 Å². The average molecular weight is 376 g/mol. The molecule has 0 radical (unpaired) electrons. The Bertz CT molecular complexity index is 645. The fourth-order valence-electron chi connectivity index (χ4n) is 2.23. The summed E-state index contributed by atoms with van der Waals surface area (Å²) in [7, 11) is 0. The number of aryl methyl sites for hydroxylation is 2. The Morgan fingerprint density at radius 1 is 1.43 bits per heavy atom. The van der Waals surface area contributed by atoms with Crippen molar-refractivity contribution in [1.82, 2.24) is 9.78 Å². The molecule has 0 aliphatic heterocycles. The quantitative estimate of drug-likeness (QED) is 0.846. The molecule has 21 heavy (non-hydrogen) atoms. The first-order valence-corrected chi connectivity index (χ1v) is 8.02. The summed E-state index contributed by atoms with van der Waals surface area (Å²) in [6, 6.07) is 4.49. The summed E-state index contributed by atoms with van der Waals surface area (Å²) in [4.78, 5) is 0. The number of nitrogens with zero attached hydrogens (tertiary/aromatic N) is 2. The Morgan fingerprint density at radius 2 is 2.14 bits per heavy atom. The fourth-order valence-corrected chi connectivity index (χ4v) is 2.98. The second-order valence-electron chi connectivity index (χ2n) is 4.77. The number of hydrogen-bond acceptors (Lipinski definition) is 2. The highest BCUT2D eigenvalue weighted by Crippen LogP contribution is 2.28. The Balaban J connectivity index is 2.28. The highest BCUT2D eigenvalue weighted by atomic mass is 79.9. The number of rotatable bonds is 5. The summed E-state index contributed by atoms with van der Waals surface area (Å²) in [6.45, 7) is 4.66. The van der Waals surface area contributed by atoms with Crippen LogP contribution in [0.4, 0.5) is 4.39 Å². The van der Waals surface area contributed by atoms with Crippen LogP contribution in [0.5, 0.6) is 0 Å². The van der Waals surface area contributed by atoms with Gasteiger partial charge in [-0.1, -0.05) is 24.6 Å². The lowest BCUT2D eigenvalue weighted by Crippen LogP contribution is -2.09. The Kier molecular flexibility index (Phi) is 5.41. The summed E-state index contributed by atoms with van der Waals surface area (Å²) >= 11 is 9.46. The van der Waals surface area contributed by atoms with Crippen molar-refractivity contribution in [3.63, 3.8) is 0 Å². The lowest BCUT2D eigenvalue weighted by molar-refractivity contribution is 0.175. The SMILES string of the molecule is CCc1nn(CC)c(CC(O)c2ccc(F)c(Br)c2)c1Cl. The third kappa shape index (κ3) is 3.47. The van der Waals surface area contributed by atoms with Crippen LogP contribution in [0.2, 0.25) is 5.02 Å². The van der Waals surface area contributed by atoms with Crippen LogP contribution in [0.3, 0.4) is 0 Å². The van der Waals surface area contributed by atoms with Gasteiger partial charge in [0.25, 0.3) is 0 Å². The Labute approximate surface area is 136 Å². The molecule has 0 saturated carbocycles. The van der Waals surface area contributed by atoms with Crippen molar-refractivity contribution in [3.05, 3.63) is 50.5 Å². The normalized spacial score (nSPS) is 12.7. The van der Waals surface area contributed by atoms with Gasteiger partial charge in [-0.3, -0.25) is 4.68 Å². The Hall–Kier alpha value is -0.910. The van der Waals surface area contributed by atoms with Gasteiger partial charge in [0.2, 0.25) is 0 Å². The molecule has 114 valence electrons. The van der Waals surface area contributed by atoms with Crippen molar-refractivity contribution in [2.45, 2.75) is 39.3 Å². The summed E-state index contributed by atoms with van der Waals surface area (Å²) in [5.41, 5.74) is 2.28. The van der Waals surface area contributed by atoms with Gasteiger partial charge < -0.3 is 5.11 Å². The van der Waals surface area contributed by atoms with E-state index in [1.54, 1.807) is 12.1 Å². The van der Waals surface area contributed by atoms with Crippen molar-refractivity contribution in [1.29, 1.82) is 0 Å². The molecule has 0 bridgehead atoms. The molecule has 0 aliphatic carbocycles. The standard InChI is InChI=1S/C15H17BrClFN2O/c1-3-12-15(17)13(20(4-2)19-12)8-14(21)9-5-6-11(18)10(16)7-9/h5-7,14,21H,3-4,8H2,1-2H3. The van der Waals surface area contributed by atoms with Gasteiger partial charge in [0.15, 0.2) is 0 Å². The van der Waals surface area contributed by atoms with Crippen molar-refractivity contribution >= 4 is 27.5 Å². The topological polar surface area (TPSA) is 38.0 Å². The zero-order valence-electron chi connectivity index (χ0n) is 11.9. The number of hydrogen-bond donors (Lipinski definition) is 1. The van der Waals surface area contributed by atoms with E-state index in [0.717, 1.165) is 17.8 Å². The maximum atomic E-state index is 13.3. The predicted octanol–water partition coefficient (Wildman–Crippen LogP) is 4.30. The van der Waals surface area contributed by atoms with Crippen molar-refractivity contribution in [2.75, 3.05) is 0 Å². The van der Waals surface area contributed by atoms with E-state index in [4.69, 9.17) is 11.6 Å². The van der Waals surface area contributed by atoms with E-state index in [1.165, 1.54) is 6.07 Å². The minimum atomic E-state index is -0.758. The largest absolute Gasteiger partial charge is 0.388 e. The lowest BCUT2D eigenvalue weighted by Gasteiger charge is -2.13. The molecule has 0 fully saturated rings. The van der Waals surface area contributed by atoms with Gasteiger partial charge in [-0.25, -0.2) is 4.39 Å². The molecule has 0 spiro atoms. The smallest absolute Gasteiger partial charge is 0.137 e. The third-order valence-corrected chi connectivity index (χ3v) is 4.45. The minimum absolute atomic E-state index is 0.336. The first-order chi connectivity index (χ1) is 9.97. The van der Waals surface area contributed by atoms with Crippen molar-refractivity contribution in [2.24, 2.45) is 0 Å². The first kappa shape index (κ1) is 16.5. The van der Waals surface area contributed by atoms with Gasteiger partial charge in [-0.05, 0) is 47.0 Å². The zero-order valence-corrected chi connectivity index (χ0v) is 14.2. The number of halogens is 3. The number of aliphatic hydroxyl groups excluding tert-OH is 1. The van der Waals surface area contributed by atoms with E-state index >= 15 is 0 Å². The maximum Gasteiger partial charge on any atom is 0.137 e. The molecule has 3 nitrogen and oxygen atoms in total. The molecular weight excluding hydrogens is 359 g/mol. The van der Waals surface area contributed by atoms with Crippen LogP contribution >= 0.6 is 27.5 Å². The molecular formula is C15H17BrClFN2O.